The smallest absolute Gasteiger partial charge is 0.241 e. The maximum atomic E-state index is 12.3. The maximum absolute atomic E-state index is 12.3. The van der Waals surface area contributed by atoms with Gasteiger partial charge in [0, 0.05) is 11.1 Å². The van der Waals surface area contributed by atoms with Crippen LogP contribution in [0.1, 0.15) is 24.1 Å². The number of nitrogens with one attached hydrogen (secondary N) is 1. The molecule has 1 heterocycles. The summed E-state index contributed by atoms with van der Waals surface area (Å²) in [7, 11) is -3.65. The van der Waals surface area contributed by atoms with Gasteiger partial charge < -0.3 is 5.11 Å². The zero-order valence-corrected chi connectivity index (χ0v) is 13.1. The van der Waals surface area contributed by atoms with Crippen molar-refractivity contribution in [1.29, 1.82) is 0 Å². The van der Waals surface area contributed by atoms with Crippen LogP contribution in [0.15, 0.2) is 39.9 Å². The van der Waals surface area contributed by atoms with Gasteiger partial charge in [-0.25, -0.2) is 13.1 Å². The quantitative estimate of drug-likeness (QED) is 0.885. The highest BCUT2D eigenvalue weighted by molar-refractivity contribution is 7.89. The minimum atomic E-state index is -3.65. The van der Waals surface area contributed by atoms with Gasteiger partial charge in [-0.2, -0.15) is 11.3 Å². The topological polar surface area (TPSA) is 66.4 Å². The van der Waals surface area contributed by atoms with Crippen LogP contribution in [0.2, 0.25) is 5.02 Å². The van der Waals surface area contributed by atoms with Crippen molar-refractivity contribution in [3.8, 4) is 0 Å². The molecule has 0 amide bonds. The van der Waals surface area contributed by atoms with E-state index in [4.69, 9.17) is 16.7 Å². The maximum Gasteiger partial charge on any atom is 0.241 e. The number of hydrogen-bond donors (Lipinski definition) is 2. The predicted molar refractivity (Wildman–Crippen MR) is 80.4 cm³/mol. The molecule has 0 bridgehead atoms. The number of hydrogen-bond acceptors (Lipinski definition) is 4. The van der Waals surface area contributed by atoms with Gasteiger partial charge in [-0.15, -0.1) is 0 Å². The van der Waals surface area contributed by atoms with Gasteiger partial charge in [-0.05, 0) is 53.1 Å². The molecule has 0 spiro atoms. The van der Waals surface area contributed by atoms with Crippen LogP contribution in [0.5, 0.6) is 0 Å². The fourth-order valence-electron chi connectivity index (χ4n) is 1.73. The molecule has 2 rings (SSSR count). The fraction of sp³-hybridized carbons (Fsp3) is 0.231. The number of aliphatic hydroxyl groups excluding tert-OH is 1. The summed E-state index contributed by atoms with van der Waals surface area (Å²) in [6.07, 6.45) is 0. The number of halogens is 1. The Bertz CT molecular complexity index is 684. The van der Waals surface area contributed by atoms with Crippen molar-refractivity contribution in [3.05, 3.63) is 51.2 Å². The summed E-state index contributed by atoms with van der Waals surface area (Å²) in [4.78, 5) is 0.0908. The zero-order chi connectivity index (χ0) is 14.8. The average molecular weight is 332 g/mol. The Labute approximate surface area is 127 Å². The lowest BCUT2D eigenvalue weighted by molar-refractivity contribution is 0.281. The molecule has 0 radical (unpaired) electrons. The van der Waals surface area contributed by atoms with E-state index in [9.17, 15) is 8.42 Å². The first kappa shape index (κ1) is 15.5. The number of rotatable bonds is 5. The summed E-state index contributed by atoms with van der Waals surface area (Å²) < 4.78 is 27.2. The lowest BCUT2D eigenvalue weighted by Gasteiger charge is -2.14. The predicted octanol–water partition coefficient (Wildman–Crippen LogP) is 2.93. The van der Waals surface area contributed by atoms with E-state index >= 15 is 0 Å². The van der Waals surface area contributed by atoms with Crippen LogP contribution in [0.4, 0.5) is 0 Å². The van der Waals surface area contributed by atoms with Crippen LogP contribution in [0.25, 0.3) is 0 Å². The summed E-state index contributed by atoms with van der Waals surface area (Å²) >= 11 is 7.37. The van der Waals surface area contributed by atoms with E-state index in [0.29, 0.717) is 10.6 Å². The monoisotopic (exact) mass is 331 g/mol. The second-order valence-corrected chi connectivity index (χ2v) is 7.21. The van der Waals surface area contributed by atoms with Crippen molar-refractivity contribution >= 4 is 33.0 Å². The number of thiophene rings is 1. The van der Waals surface area contributed by atoms with Crippen molar-refractivity contribution in [1.82, 2.24) is 4.72 Å². The summed E-state index contributed by atoms with van der Waals surface area (Å²) in [5, 5.41) is 13.3. The molecule has 1 unspecified atom stereocenters. The normalized spacial score (nSPS) is 13.3. The minimum absolute atomic E-state index is 0.0908. The molecule has 0 aliphatic carbocycles. The third kappa shape index (κ3) is 3.39. The van der Waals surface area contributed by atoms with Gasteiger partial charge in [0.1, 0.15) is 0 Å². The Hall–Kier alpha value is -0.920. The van der Waals surface area contributed by atoms with Crippen LogP contribution < -0.4 is 4.72 Å². The van der Waals surface area contributed by atoms with Crippen molar-refractivity contribution in [2.45, 2.75) is 24.5 Å². The van der Waals surface area contributed by atoms with E-state index in [1.165, 1.54) is 29.5 Å². The molecule has 0 aliphatic rings. The van der Waals surface area contributed by atoms with E-state index in [0.717, 1.165) is 5.56 Å². The molecule has 7 heteroatoms. The molecule has 0 saturated carbocycles. The first-order valence-electron chi connectivity index (χ1n) is 5.88. The highest BCUT2D eigenvalue weighted by atomic mass is 35.5. The van der Waals surface area contributed by atoms with Crippen molar-refractivity contribution in [3.63, 3.8) is 0 Å². The summed E-state index contributed by atoms with van der Waals surface area (Å²) in [6, 6.07) is 5.82. The van der Waals surface area contributed by atoms with Gasteiger partial charge in [0.15, 0.2) is 0 Å². The van der Waals surface area contributed by atoms with E-state index in [1.54, 1.807) is 6.92 Å². The van der Waals surface area contributed by atoms with Crippen molar-refractivity contribution < 1.29 is 13.5 Å². The van der Waals surface area contributed by atoms with Crippen LogP contribution in [0, 0.1) is 0 Å². The Balaban J connectivity index is 2.26. The van der Waals surface area contributed by atoms with E-state index in [1.807, 2.05) is 16.8 Å². The van der Waals surface area contributed by atoms with Gasteiger partial charge in [0.25, 0.3) is 0 Å². The summed E-state index contributed by atoms with van der Waals surface area (Å²) in [5.74, 6) is 0. The van der Waals surface area contributed by atoms with Crippen LogP contribution >= 0.6 is 22.9 Å². The van der Waals surface area contributed by atoms with E-state index < -0.39 is 10.0 Å². The molecular weight excluding hydrogens is 318 g/mol. The Kier molecular flexibility index (Phi) is 4.82. The molecule has 2 N–H and O–H groups in total. The molecular formula is C13H14ClNO3S2. The van der Waals surface area contributed by atoms with Crippen molar-refractivity contribution in [2.75, 3.05) is 0 Å². The van der Waals surface area contributed by atoms with E-state index in [2.05, 4.69) is 4.72 Å². The Morgan fingerprint density at radius 2 is 2.15 bits per heavy atom. The minimum Gasteiger partial charge on any atom is -0.392 e. The Morgan fingerprint density at radius 3 is 2.75 bits per heavy atom. The highest BCUT2D eigenvalue weighted by Gasteiger charge is 2.19. The SMILES string of the molecule is CC(NS(=O)(=O)c1ccc(Cl)c(CO)c1)c1ccsc1. The second kappa shape index (κ2) is 6.24. The molecule has 1 aromatic carbocycles. The summed E-state index contributed by atoms with van der Waals surface area (Å²) in [5.41, 5.74) is 1.30. The molecule has 0 saturated heterocycles. The molecule has 0 fully saturated rings. The fourth-order valence-corrected chi connectivity index (χ4v) is 3.94. The molecule has 4 nitrogen and oxygen atoms in total. The lowest BCUT2D eigenvalue weighted by Crippen LogP contribution is -2.26. The van der Waals surface area contributed by atoms with Crippen LogP contribution in [0.3, 0.4) is 0 Å². The lowest BCUT2D eigenvalue weighted by atomic mass is 10.2. The zero-order valence-electron chi connectivity index (χ0n) is 10.7. The third-order valence-electron chi connectivity index (χ3n) is 2.87. The second-order valence-electron chi connectivity index (χ2n) is 4.31. The van der Waals surface area contributed by atoms with Gasteiger partial charge in [-0.3, -0.25) is 0 Å². The van der Waals surface area contributed by atoms with Gasteiger partial charge in [0.05, 0.1) is 11.5 Å². The summed E-state index contributed by atoms with van der Waals surface area (Å²) in [6.45, 7) is 1.48. The Morgan fingerprint density at radius 1 is 1.40 bits per heavy atom. The number of sulfonamides is 1. The standard InChI is InChI=1S/C13H14ClNO3S2/c1-9(10-4-5-19-8-10)15-20(17,18)12-2-3-13(14)11(6-12)7-16/h2-6,8-9,15-16H,7H2,1H3. The molecule has 0 aliphatic heterocycles. The number of benzene rings is 1. The van der Waals surface area contributed by atoms with Crippen LogP contribution in [-0.2, 0) is 16.6 Å². The number of aliphatic hydroxyl groups is 1. The molecule has 108 valence electrons. The van der Waals surface area contributed by atoms with E-state index in [-0.39, 0.29) is 17.5 Å². The van der Waals surface area contributed by atoms with Gasteiger partial charge >= 0.3 is 0 Å². The molecule has 2 aromatic rings. The van der Waals surface area contributed by atoms with Crippen molar-refractivity contribution in [2.24, 2.45) is 0 Å². The first-order valence-corrected chi connectivity index (χ1v) is 8.68. The largest absolute Gasteiger partial charge is 0.392 e. The van der Waals surface area contributed by atoms with Crippen LogP contribution in [-0.4, -0.2) is 13.5 Å². The van der Waals surface area contributed by atoms with Gasteiger partial charge in [-0.1, -0.05) is 11.6 Å². The third-order valence-corrected chi connectivity index (χ3v) is 5.48. The molecule has 1 atom stereocenters. The highest BCUT2D eigenvalue weighted by Crippen LogP contribution is 2.23. The molecule has 1 aromatic heterocycles. The van der Waals surface area contributed by atoms with Gasteiger partial charge in [0.2, 0.25) is 10.0 Å². The average Bonchev–Trinajstić information content (AvgIpc) is 2.92. The first-order chi connectivity index (χ1) is 9.44. The molecule has 20 heavy (non-hydrogen) atoms.